The van der Waals surface area contributed by atoms with Crippen LogP contribution in [0.1, 0.15) is 51.4 Å². The molecule has 1 aliphatic rings. The molecular weight excluding hydrogens is 192 g/mol. The summed E-state index contributed by atoms with van der Waals surface area (Å²) in [7, 11) is 0. The molecule has 88 valence electrons. The van der Waals surface area contributed by atoms with E-state index in [1.165, 1.54) is 32.1 Å². The molecule has 0 saturated carbocycles. The molecule has 1 fully saturated rings. The summed E-state index contributed by atoms with van der Waals surface area (Å²) in [5, 5.41) is 8.46. The Kier molecular flexibility index (Phi) is 6.41. The number of ether oxygens (including phenoxy) is 1. The molecule has 0 bridgehead atoms. The molecule has 1 saturated heterocycles. The summed E-state index contributed by atoms with van der Waals surface area (Å²) in [5.74, 6) is 0.0916. The second-order valence-electron chi connectivity index (χ2n) is 4.43. The standard InChI is InChI=1S/C12H22O3/c13-12(14)8-4-2-1-3-6-11-7-5-9-15-10-11/h11H,1-10H2,(H,13,14). The van der Waals surface area contributed by atoms with Gasteiger partial charge in [-0.2, -0.15) is 0 Å². The molecule has 0 aromatic heterocycles. The van der Waals surface area contributed by atoms with Crippen LogP contribution in [0.3, 0.4) is 0 Å². The van der Waals surface area contributed by atoms with Crippen molar-refractivity contribution < 1.29 is 14.6 Å². The lowest BCUT2D eigenvalue weighted by atomic mass is 9.95. The number of carbonyl (C=O) groups is 1. The fourth-order valence-corrected chi connectivity index (χ4v) is 2.10. The lowest BCUT2D eigenvalue weighted by molar-refractivity contribution is -0.137. The van der Waals surface area contributed by atoms with Crippen LogP contribution in [0.15, 0.2) is 0 Å². The van der Waals surface area contributed by atoms with Crippen molar-refractivity contribution in [1.82, 2.24) is 0 Å². The average molecular weight is 214 g/mol. The molecule has 1 unspecified atom stereocenters. The number of hydrogen-bond donors (Lipinski definition) is 1. The van der Waals surface area contributed by atoms with Crippen molar-refractivity contribution in [3.63, 3.8) is 0 Å². The van der Waals surface area contributed by atoms with Crippen molar-refractivity contribution in [2.24, 2.45) is 5.92 Å². The maximum absolute atomic E-state index is 10.3. The molecule has 3 nitrogen and oxygen atoms in total. The third-order valence-electron chi connectivity index (χ3n) is 3.01. The van der Waals surface area contributed by atoms with Crippen LogP contribution in [-0.2, 0) is 9.53 Å². The van der Waals surface area contributed by atoms with Gasteiger partial charge in [0, 0.05) is 19.6 Å². The van der Waals surface area contributed by atoms with E-state index in [1.54, 1.807) is 0 Å². The topological polar surface area (TPSA) is 46.5 Å². The van der Waals surface area contributed by atoms with E-state index in [1.807, 2.05) is 0 Å². The maximum atomic E-state index is 10.3. The Bertz CT molecular complexity index is 174. The average Bonchev–Trinajstić information content (AvgIpc) is 2.24. The maximum Gasteiger partial charge on any atom is 0.303 e. The lowest BCUT2D eigenvalue weighted by Crippen LogP contribution is -2.16. The molecule has 0 amide bonds. The van der Waals surface area contributed by atoms with Crippen molar-refractivity contribution in [3.8, 4) is 0 Å². The van der Waals surface area contributed by atoms with E-state index < -0.39 is 5.97 Å². The highest BCUT2D eigenvalue weighted by Crippen LogP contribution is 2.20. The largest absolute Gasteiger partial charge is 0.481 e. The smallest absolute Gasteiger partial charge is 0.303 e. The van der Waals surface area contributed by atoms with Crippen LogP contribution in [0.25, 0.3) is 0 Å². The summed E-state index contributed by atoms with van der Waals surface area (Å²) >= 11 is 0. The molecule has 1 heterocycles. The minimum absolute atomic E-state index is 0.326. The molecule has 1 aliphatic heterocycles. The van der Waals surface area contributed by atoms with Gasteiger partial charge in [0.15, 0.2) is 0 Å². The highest BCUT2D eigenvalue weighted by Gasteiger charge is 2.12. The Balaban J connectivity index is 1.85. The Morgan fingerprint density at radius 3 is 2.73 bits per heavy atom. The number of hydrogen-bond acceptors (Lipinski definition) is 2. The Hall–Kier alpha value is -0.570. The van der Waals surface area contributed by atoms with Gasteiger partial charge < -0.3 is 9.84 Å². The normalized spacial score (nSPS) is 21.5. The number of aliphatic carboxylic acids is 1. The fraction of sp³-hybridized carbons (Fsp3) is 0.917. The molecule has 1 N–H and O–H groups in total. The Labute approximate surface area is 91.8 Å². The predicted molar refractivity (Wildman–Crippen MR) is 58.9 cm³/mol. The highest BCUT2D eigenvalue weighted by molar-refractivity contribution is 5.66. The summed E-state index contributed by atoms with van der Waals surface area (Å²) in [5.41, 5.74) is 0. The van der Waals surface area contributed by atoms with Crippen LogP contribution in [0.2, 0.25) is 0 Å². The molecular formula is C12H22O3. The van der Waals surface area contributed by atoms with Crippen LogP contribution in [0, 0.1) is 5.92 Å². The number of rotatable bonds is 7. The molecule has 0 aliphatic carbocycles. The number of carboxylic acids is 1. The first-order valence-corrected chi connectivity index (χ1v) is 6.08. The van der Waals surface area contributed by atoms with Gasteiger partial charge in [0.05, 0.1) is 0 Å². The summed E-state index contributed by atoms with van der Waals surface area (Å²) < 4.78 is 5.41. The van der Waals surface area contributed by atoms with Gasteiger partial charge in [0.1, 0.15) is 0 Å². The quantitative estimate of drug-likeness (QED) is 0.663. The van der Waals surface area contributed by atoms with Gasteiger partial charge in [0.2, 0.25) is 0 Å². The number of carboxylic acid groups (broad SMARTS) is 1. The zero-order chi connectivity index (χ0) is 10.9. The van der Waals surface area contributed by atoms with E-state index >= 15 is 0 Å². The van der Waals surface area contributed by atoms with Crippen molar-refractivity contribution in [3.05, 3.63) is 0 Å². The van der Waals surface area contributed by atoms with E-state index in [4.69, 9.17) is 9.84 Å². The van der Waals surface area contributed by atoms with Crippen molar-refractivity contribution in [1.29, 1.82) is 0 Å². The minimum atomic E-state index is -0.671. The summed E-state index contributed by atoms with van der Waals surface area (Å²) in [6, 6.07) is 0. The van der Waals surface area contributed by atoms with E-state index in [0.29, 0.717) is 6.42 Å². The van der Waals surface area contributed by atoms with E-state index in [2.05, 4.69) is 0 Å². The predicted octanol–water partition coefficient (Wildman–Crippen LogP) is 2.84. The van der Waals surface area contributed by atoms with E-state index in [0.717, 1.165) is 32.0 Å². The van der Waals surface area contributed by atoms with Crippen LogP contribution < -0.4 is 0 Å². The first-order chi connectivity index (χ1) is 7.29. The van der Waals surface area contributed by atoms with Crippen LogP contribution in [0.5, 0.6) is 0 Å². The monoisotopic (exact) mass is 214 g/mol. The summed E-state index contributed by atoms with van der Waals surface area (Å²) in [6.07, 6.45) is 8.40. The SMILES string of the molecule is O=C(O)CCCCCCC1CCCOC1. The van der Waals surface area contributed by atoms with Crippen molar-refractivity contribution >= 4 is 5.97 Å². The third kappa shape index (κ3) is 6.50. The van der Waals surface area contributed by atoms with Gasteiger partial charge in [-0.1, -0.05) is 19.3 Å². The molecule has 0 aromatic carbocycles. The molecule has 1 atom stereocenters. The van der Waals surface area contributed by atoms with Gasteiger partial charge >= 0.3 is 5.97 Å². The second kappa shape index (κ2) is 7.69. The zero-order valence-electron chi connectivity index (χ0n) is 9.41. The van der Waals surface area contributed by atoms with Crippen LogP contribution >= 0.6 is 0 Å². The van der Waals surface area contributed by atoms with E-state index in [9.17, 15) is 4.79 Å². The van der Waals surface area contributed by atoms with Gasteiger partial charge in [0.25, 0.3) is 0 Å². The summed E-state index contributed by atoms with van der Waals surface area (Å²) in [4.78, 5) is 10.3. The molecule has 0 spiro atoms. The molecule has 0 radical (unpaired) electrons. The Morgan fingerprint density at radius 1 is 1.27 bits per heavy atom. The van der Waals surface area contributed by atoms with Crippen molar-refractivity contribution in [2.45, 2.75) is 51.4 Å². The van der Waals surface area contributed by atoms with Gasteiger partial charge in [-0.15, -0.1) is 0 Å². The minimum Gasteiger partial charge on any atom is -0.481 e. The van der Waals surface area contributed by atoms with Gasteiger partial charge in [-0.3, -0.25) is 4.79 Å². The zero-order valence-corrected chi connectivity index (χ0v) is 9.41. The highest BCUT2D eigenvalue weighted by atomic mass is 16.5. The molecule has 0 aromatic rings. The van der Waals surface area contributed by atoms with Crippen molar-refractivity contribution in [2.75, 3.05) is 13.2 Å². The van der Waals surface area contributed by atoms with Gasteiger partial charge in [-0.05, 0) is 31.6 Å². The second-order valence-corrected chi connectivity index (χ2v) is 4.43. The van der Waals surface area contributed by atoms with Crippen LogP contribution in [-0.4, -0.2) is 24.3 Å². The summed E-state index contributed by atoms with van der Waals surface area (Å²) in [6.45, 7) is 1.88. The Morgan fingerprint density at radius 2 is 2.07 bits per heavy atom. The molecule has 15 heavy (non-hydrogen) atoms. The fourth-order valence-electron chi connectivity index (χ4n) is 2.10. The van der Waals surface area contributed by atoms with E-state index in [-0.39, 0.29) is 0 Å². The molecule has 1 rings (SSSR count). The van der Waals surface area contributed by atoms with Crippen LogP contribution in [0.4, 0.5) is 0 Å². The van der Waals surface area contributed by atoms with Gasteiger partial charge in [-0.25, -0.2) is 0 Å². The lowest BCUT2D eigenvalue weighted by Gasteiger charge is -2.21. The third-order valence-corrected chi connectivity index (χ3v) is 3.01. The number of unbranched alkanes of at least 4 members (excludes halogenated alkanes) is 3. The first-order valence-electron chi connectivity index (χ1n) is 6.08. The first kappa shape index (κ1) is 12.5. The molecule has 3 heteroatoms.